The maximum atomic E-state index is 12.0. The summed E-state index contributed by atoms with van der Waals surface area (Å²) in [5.41, 5.74) is 11.9. The summed E-state index contributed by atoms with van der Waals surface area (Å²) in [6, 6.07) is 10.7. The Balaban J connectivity index is 1.77. The van der Waals surface area contributed by atoms with Gasteiger partial charge in [-0.05, 0) is 12.1 Å². The normalized spacial score (nSPS) is 17.0. The van der Waals surface area contributed by atoms with Crippen LogP contribution in [-0.4, -0.2) is 15.7 Å². The Morgan fingerprint density at radius 1 is 1.39 bits per heavy atom. The zero-order valence-corrected chi connectivity index (χ0v) is 9.42. The minimum Gasteiger partial charge on any atom is -0.382 e. The van der Waals surface area contributed by atoms with Gasteiger partial charge in [-0.15, -0.1) is 0 Å². The fourth-order valence-corrected chi connectivity index (χ4v) is 1.80. The van der Waals surface area contributed by atoms with E-state index in [9.17, 15) is 4.79 Å². The average Bonchev–Trinajstić information content (AvgIpc) is 2.91. The molecule has 0 saturated heterocycles. The van der Waals surface area contributed by atoms with Crippen molar-refractivity contribution in [2.24, 2.45) is 0 Å². The number of fused-ring (bicyclic) bond motifs is 1. The molecule has 1 aliphatic heterocycles. The van der Waals surface area contributed by atoms with Crippen LogP contribution < -0.4 is 21.9 Å². The number of benzene rings is 1. The monoisotopic (exact) mass is 244 g/mol. The first kappa shape index (κ1) is 10.6. The second-order valence-electron chi connectivity index (χ2n) is 3.91. The molecule has 5 N–H and O–H groups in total. The highest BCUT2D eigenvalue weighted by Crippen LogP contribution is 2.19. The minimum atomic E-state index is -0.454. The molecule has 1 unspecified atom stereocenters. The van der Waals surface area contributed by atoms with Gasteiger partial charge in [-0.2, -0.15) is 10.5 Å². The number of hydrogen-bond donors (Lipinski definition) is 4. The largest absolute Gasteiger partial charge is 0.382 e. The lowest BCUT2D eigenvalue weighted by atomic mass is 10.2. The van der Waals surface area contributed by atoms with Gasteiger partial charge >= 0.3 is 0 Å². The van der Waals surface area contributed by atoms with Crippen LogP contribution in [0.25, 0.3) is 0 Å². The predicted octanol–water partition coefficient (Wildman–Crippen LogP) is 0.281. The Hall–Kier alpha value is -2.54. The SMILES string of the molecule is Nc1cc2n(n1)C(NC(=O)c1ccccc1)NN2. The van der Waals surface area contributed by atoms with Gasteiger partial charge in [-0.25, -0.2) is 4.68 Å². The number of rotatable bonds is 2. The lowest BCUT2D eigenvalue weighted by molar-refractivity contribution is 0.0912. The maximum absolute atomic E-state index is 12.0. The fraction of sp³-hybridized carbons (Fsp3) is 0.0909. The van der Waals surface area contributed by atoms with Crippen molar-refractivity contribution < 1.29 is 4.79 Å². The Labute approximate surface area is 103 Å². The predicted molar refractivity (Wildman–Crippen MR) is 66.3 cm³/mol. The van der Waals surface area contributed by atoms with Crippen LogP contribution in [0, 0.1) is 0 Å². The maximum Gasteiger partial charge on any atom is 0.253 e. The number of carbonyl (C=O) groups is 1. The van der Waals surface area contributed by atoms with Crippen LogP contribution in [-0.2, 0) is 0 Å². The first-order valence-corrected chi connectivity index (χ1v) is 5.46. The Bertz CT molecular complexity index is 578. The molecule has 0 radical (unpaired) electrons. The quantitative estimate of drug-likeness (QED) is 0.608. The third-order valence-corrected chi connectivity index (χ3v) is 2.64. The van der Waals surface area contributed by atoms with Gasteiger partial charge in [0.25, 0.3) is 5.91 Å². The summed E-state index contributed by atoms with van der Waals surface area (Å²) in [6.45, 7) is 0. The lowest BCUT2D eigenvalue weighted by Gasteiger charge is -2.13. The molecule has 2 aromatic rings. The van der Waals surface area contributed by atoms with Crippen LogP contribution in [0.15, 0.2) is 36.4 Å². The van der Waals surface area contributed by atoms with Gasteiger partial charge in [0, 0.05) is 11.6 Å². The summed E-state index contributed by atoms with van der Waals surface area (Å²) in [4.78, 5) is 12.0. The lowest BCUT2D eigenvalue weighted by Crippen LogP contribution is -2.39. The minimum absolute atomic E-state index is 0.183. The first-order chi connectivity index (χ1) is 8.74. The van der Waals surface area contributed by atoms with Crippen molar-refractivity contribution in [1.82, 2.24) is 20.5 Å². The molecular weight excluding hydrogens is 232 g/mol. The van der Waals surface area contributed by atoms with Crippen LogP contribution in [0.4, 0.5) is 11.6 Å². The van der Waals surface area contributed by atoms with Gasteiger partial charge in [0.15, 0.2) is 6.29 Å². The number of carbonyl (C=O) groups excluding carboxylic acids is 1. The highest BCUT2D eigenvalue weighted by atomic mass is 16.2. The van der Waals surface area contributed by atoms with Gasteiger partial charge in [-0.1, -0.05) is 18.2 Å². The van der Waals surface area contributed by atoms with E-state index < -0.39 is 6.29 Å². The number of nitrogens with two attached hydrogens (primary N) is 1. The van der Waals surface area contributed by atoms with Crippen molar-refractivity contribution in [3.63, 3.8) is 0 Å². The van der Waals surface area contributed by atoms with E-state index in [1.54, 1.807) is 22.9 Å². The van der Waals surface area contributed by atoms with Crippen LogP contribution in [0.2, 0.25) is 0 Å². The number of anilines is 2. The van der Waals surface area contributed by atoms with Gasteiger partial charge in [0.05, 0.1) is 0 Å². The number of amides is 1. The third kappa shape index (κ3) is 1.76. The van der Waals surface area contributed by atoms with Gasteiger partial charge in [0.1, 0.15) is 11.6 Å². The van der Waals surface area contributed by atoms with E-state index in [4.69, 9.17) is 5.73 Å². The van der Waals surface area contributed by atoms with E-state index >= 15 is 0 Å². The second kappa shape index (κ2) is 4.04. The molecule has 0 fully saturated rings. The van der Waals surface area contributed by atoms with Gasteiger partial charge in [0.2, 0.25) is 0 Å². The fourth-order valence-electron chi connectivity index (χ4n) is 1.80. The molecule has 18 heavy (non-hydrogen) atoms. The molecule has 1 atom stereocenters. The van der Waals surface area contributed by atoms with Crippen molar-refractivity contribution in [3.8, 4) is 0 Å². The molecule has 0 spiro atoms. The highest BCUT2D eigenvalue weighted by Gasteiger charge is 2.24. The molecule has 92 valence electrons. The van der Waals surface area contributed by atoms with Crippen molar-refractivity contribution >= 4 is 17.5 Å². The molecule has 1 aromatic heterocycles. The van der Waals surface area contributed by atoms with Crippen LogP contribution in [0.1, 0.15) is 16.6 Å². The van der Waals surface area contributed by atoms with Crippen LogP contribution in [0.3, 0.4) is 0 Å². The molecule has 0 saturated carbocycles. The molecule has 2 heterocycles. The molecule has 1 aliphatic rings. The summed E-state index contributed by atoms with van der Waals surface area (Å²) in [5.74, 6) is 0.931. The zero-order valence-electron chi connectivity index (χ0n) is 9.42. The Kier molecular flexibility index (Phi) is 2.38. The van der Waals surface area contributed by atoms with E-state index in [1.165, 1.54) is 0 Å². The van der Waals surface area contributed by atoms with E-state index in [0.717, 1.165) is 0 Å². The number of hydrogen-bond acceptors (Lipinski definition) is 5. The molecule has 7 heteroatoms. The Morgan fingerprint density at radius 3 is 2.94 bits per heavy atom. The van der Waals surface area contributed by atoms with Crippen LogP contribution >= 0.6 is 0 Å². The molecule has 3 rings (SSSR count). The van der Waals surface area contributed by atoms with Crippen molar-refractivity contribution in [3.05, 3.63) is 42.0 Å². The number of hydrazine groups is 1. The average molecular weight is 244 g/mol. The van der Waals surface area contributed by atoms with E-state index in [-0.39, 0.29) is 5.91 Å². The molecule has 1 aromatic carbocycles. The van der Waals surface area contributed by atoms with Crippen molar-refractivity contribution in [2.45, 2.75) is 6.29 Å². The number of nitrogen functional groups attached to an aromatic ring is 1. The molecule has 0 aliphatic carbocycles. The van der Waals surface area contributed by atoms with E-state index in [2.05, 4.69) is 21.3 Å². The van der Waals surface area contributed by atoms with Crippen molar-refractivity contribution in [2.75, 3.05) is 11.2 Å². The topological polar surface area (TPSA) is 97.0 Å². The summed E-state index contributed by atoms with van der Waals surface area (Å²) in [7, 11) is 0. The Morgan fingerprint density at radius 2 is 2.17 bits per heavy atom. The van der Waals surface area contributed by atoms with Gasteiger partial charge in [-0.3, -0.25) is 4.79 Å². The molecular formula is C11H12N6O. The summed E-state index contributed by atoms with van der Waals surface area (Å²) in [6.07, 6.45) is -0.454. The summed E-state index contributed by atoms with van der Waals surface area (Å²) < 4.78 is 1.58. The van der Waals surface area contributed by atoms with Crippen molar-refractivity contribution in [1.29, 1.82) is 0 Å². The molecule has 0 bridgehead atoms. The molecule has 7 nitrogen and oxygen atoms in total. The zero-order chi connectivity index (χ0) is 12.5. The van der Waals surface area contributed by atoms with E-state index in [1.807, 2.05) is 18.2 Å². The van der Waals surface area contributed by atoms with Crippen LogP contribution in [0.5, 0.6) is 0 Å². The number of nitrogens with one attached hydrogen (secondary N) is 3. The third-order valence-electron chi connectivity index (χ3n) is 2.64. The number of aromatic nitrogens is 2. The first-order valence-electron chi connectivity index (χ1n) is 5.46. The second-order valence-corrected chi connectivity index (χ2v) is 3.91. The smallest absolute Gasteiger partial charge is 0.253 e. The molecule has 1 amide bonds. The summed E-state index contributed by atoms with van der Waals surface area (Å²) >= 11 is 0. The number of nitrogens with zero attached hydrogens (tertiary/aromatic N) is 2. The van der Waals surface area contributed by atoms with Gasteiger partial charge < -0.3 is 16.5 Å². The summed E-state index contributed by atoms with van der Waals surface area (Å²) in [5, 5.41) is 6.87. The highest BCUT2D eigenvalue weighted by molar-refractivity contribution is 5.94. The van der Waals surface area contributed by atoms with E-state index in [0.29, 0.717) is 17.2 Å². The standard InChI is InChI=1S/C11H12N6O/c12-8-6-9-14-15-11(17(9)16-8)13-10(18)7-4-2-1-3-5-7/h1-6,11,14-15H,(H2,12,16)(H,13,18).